The van der Waals surface area contributed by atoms with E-state index < -0.39 is 4.92 Å². The number of hydrogen-bond donors (Lipinski definition) is 1. The average molecular weight is 339 g/mol. The summed E-state index contributed by atoms with van der Waals surface area (Å²) in [6.45, 7) is 0. The molecule has 0 saturated carbocycles. The molecule has 0 radical (unpaired) electrons. The number of thiazole rings is 1. The van der Waals surface area contributed by atoms with E-state index in [1.807, 2.05) is 12.1 Å². The molecule has 21 heavy (non-hydrogen) atoms. The number of benzene rings is 1. The minimum atomic E-state index is -0.424. The number of hydrazone groups is 1. The van der Waals surface area contributed by atoms with Crippen LogP contribution in [0.1, 0.15) is 4.88 Å². The molecule has 9 heteroatoms. The molecule has 6 nitrogen and oxygen atoms in total. The Morgan fingerprint density at radius 2 is 2.19 bits per heavy atom. The second-order valence-corrected chi connectivity index (χ2v) is 6.50. The van der Waals surface area contributed by atoms with E-state index in [1.54, 1.807) is 12.1 Å². The highest BCUT2D eigenvalue weighted by atomic mass is 35.5. The summed E-state index contributed by atoms with van der Waals surface area (Å²) in [6.07, 6.45) is 1.52. The van der Waals surface area contributed by atoms with Crippen LogP contribution in [0.25, 0.3) is 10.2 Å². The molecule has 2 heterocycles. The number of thiophene rings is 1. The molecule has 0 unspecified atom stereocenters. The highest BCUT2D eigenvalue weighted by Crippen LogP contribution is 2.28. The van der Waals surface area contributed by atoms with Crippen LogP contribution in [-0.2, 0) is 0 Å². The molecule has 0 aliphatic rings. The van der Waals surface area contributed by atoms with E-state index in [1.165, 1.54) is 23.6 Å². The fourth-order valence-corrected chi connectivity index (χ4v) is 3.39. The van der Waals surface area contributed by atoms with Gasteiger partial charge in [-0.1, -0.05) is 34.3 Å². The van der Waals surface area contributed by atoms with Crippen LogP contribution in [-0.4, -0.2) is 16.1 Å². The Bertz CT molecular complexity index is 843. The minimum absolute atomic E-state index is 0.0890. The number of aromatic nitrogens is 1. The summed E-state index contributed by atoms with van der Waals surface area (Å²) < 4.78 is 0.965. The molecular formula is C12H7ClN4O2S2. The summed E-state index contributed by atoms with van der Waals surface area (Å²) in [5, 5.41) is 16.0. The van der Waals surface area contributed by atoms with E-state index in [4.69, 9.17) is 11.6 Å². The molecule has 0 aliphatic carbocycles. The van der Waals surface area contributed by atoms with E-state index in [0.717, 1.165) is 21.6 Å². The third kappa shape index (κ3) is 3.18. The molecule has 0 atom stereocenters. The van der Waals surface area contributed by atoms with Crippen molar-refractivity contribution in [2.24, 2.45) is 5.10 Å². The highest BCUT2D eigenvalue weighted by Gasteiger charge is 2.08. The Labute approximate surface area is 131 Å². The van der Waals surface area contributed by atoms with E-state index in [0.29, 0.717) is 15.0 Å². The summed E-state index contributed by atoms with van der Waals surface area (Å²) in [5.74, 6) is 0. The van der Waals surface area contributed by atoms with Gasteiger partial charge in [-0.3, -0.25) is 15.5 Å². The zero-order valence-corrected chi connectivity index (χ0v) is 12.7. The predicted molar refractivity (Wildman–Crippen MR) is 86.8 cm³/mol. The lowest BCUT2D eigenvalue weighted by atomic mass is 10.3. The molecule has 3 rings (SSSR count). The molecule has 0 amide bonds. The summed E-state index contributed by atoms with van der Waals surface area (Å²) in [5.41, 5.74) is 3.65. The minimum Gasteiger partial charge on any atom is -0.258 e. The first-order valence-corrected chi connectivity index (χ1v) is 7.72. The van der Waals surface area contributed by atoms with Crippen LogP contribution in [0.4, 0.5) is 10.1 Å². The third-order valence-electron chi connectivity index (χ3n) is 2.50. The fourth-order valence-electron chi connectivity index (χ4n) is 1.61. The monoisotopic (exact) mass is 338 g/mol. The maximum absolute atomic E-state index is 10.6. The first kappa shape index (κ1) is 13.9. The van der Waals surface area contributed by atoms with E-state index in [9.17, 15) is 10.1 Å². The number of halogens is 1. The lowest BCUT2D eigenvalue weighted by Gasteiger charge is -1.90. The molecule has 1 N–H and O–H groups in total. The smallest absolute Gasteiger partial charge is 0.258 e. The van der Waals surface area contributed by atoms with Crippen molar-refractivity contribution < 1.29 is 4.92 Å². The number of nitrogens with one attached hydrogen (secondary N) is 1. The van der Waals surface area contributed by atoms with Crippen molar-refractivity contribution >= 4 is 60.8 Å². The topological polar surface area (TPSA) is 80.4 Å². The first-order valence-electron chi connectivity index (χ1n) is 5.71. The Morgan fingerprint density at radius 1 is 1.33 bits per heavy atom. The highest BCUT2D eigenvalue weighted by molar-refractivity contribution is 7.22. The molecule has 0 aliphatic heterocycles. The molecule has 106 valence electrons. The van der Waals surface area contributed by atoms with E-state index in [2.05, 4.69) is 15.5 Å². The Hall–Kier alpha value is -2.03. The van der Waals surface area contributed by atoms with Gasteiger partial charge in [0.05, 0.1) is 26.2 Å². The molecule has 0 spiro atoms. The van der Waals surface area contributed by atoms with Gasteiger partial charge in [-0.15, -0.1) is 0 Å². The maximum atomic E-state index is 10.6. The van der Waals surface area contributed by atoms with Crippen molar-refractivity contribution in [1.29, 1.82) is 0 Å². The van der Waals surface area contributed by atoms with Crippen LogP contribution in [0.5, 0.6) is 0 Å². The van der Waals surface area contributed by atoms with Gasteiger partial charge in [0.25, 0.3) is 0 Å². The van der Waals surface area contributed by atoms with Crippen molar-refractivity contribution in [2.75, 3.05) is 5.43 Å². The largest absolute Gasteiger partial charge is 0.324 e. The quantitative estimate of drug-likeness (QED) is 0.435. The second kappa shape index (κ2) is 5.76. The molecule has 0 fully saturated rings. The van der Waals surface area contributed by atoms with Gasteiger partial charge >= 0.3 is 5.00 Å². The number of nitrogens with zero attached hydrogens (tertiary/aromatic N) is 3. The van der Waals surface area contributed by atoms with Gasteiger partial charge in [0.2, 0.25) is 5.13 Å². The first-order chi connectivity index (χ1) is 10.1. The Balaban J connectivity index is 1.73. The Kier molecular flexibility index (Phi) is 3.82. The maximum Gasteiger partial charge on any atom is 0.324 e. The number of rotatable bonds is 4. The fraction of sp³-hybridized carbons (Fsp3) is 0. The van der Waals surface area contributed by atoms with Crippen LogP contribution in [0.3, 0.4) is 0 Å². The predicted octanol–water partition coefficient (Wildman–Crippen LogP) is 4.37. The average Bonchev–Trinajstić information content (AvgIpc) is 3.04. The van der Waals surface area contributed by atoms with Crippen LogP contribution in [0.15, 0.2) is 35.4 Å². The number of fused-ring (bicyclic) bond motifs is 1. The summed E-state index contributed by atoms with van der Waals surface area (Å²) in [4.78, 5) is 15.2. The van der Waals surface area contributed by atoms with Gasteiger partial charge in [-0.2, -0.15) is 5.10 Å². The number of nitro groups is 1. The van der Waals surface area contributed by atoms with Crippen LogP contribution in [0.2, 0.25) is 5.02 Å². The zero-order valence-electron chi connectivity index (χ0n) is 10.3. The van der Waals surface area contributed by atoms with Gasteiger partial charge in [0, 0.05) is 11.1 Å². The summed E-state index contributed by atoms with van der Waals surface area (Å²) in [6, 6.07) is 8.55. The second-order valence-electron chi connectivity index (χ2n) is 3.93. The van der Waals surface area contributed by atoms with E-state index in [-0.39, 0.29) is 5.00 Å². The van der Waals surface area contributed by atoms with Crippen molar-refractivity contribution in [3.63, 3.8) is 0 Å². The molecule has 2 aromatic heterocycles. The van der Waals surface area contributed by atoms with E-state index >= 15 is 0 Å². The number of anilines is 1. The molecule has 0 bridgehead atoms. The third-order valence-corrected chi connectivity index (χ3v) is 4.62. The van der Waals surface area contributed by atoms with Gasteiger partial charge < -0.3 is 0 Å². The lowest BCUT2D eigenvalue weighted by Crippen LogP contribution is -1.87. The standard InChI is InChI=1S/C12H7ClN4O2S2/c13-7-1-3-9-10(5-7)21-12(15-9)16-14-6-8-2-4-11(20-8)17(18)19/h1-6H,(H,15,16)/b14-6-. The van der Waals surface area contributed by atoms with Gasteiger partial charge in [0.15, 0.2) is 0 Å². The van der Waals surface area contributed by atoms with Crippen molar-refractivity contribution in [2.45, 2.75) is 0 Å². The molecular weight excluding hydrogens is 332 g/mol. The van der Waals surface area contributed by atoms with Gasteiger partial charge in [-0.25, -0.2) is 4.98 Å². The van der Waals surface area contributed by atoms with Crippen LogP contribution in [0, 0.1) is 10.1 Å². The molecule has 3 aromatic rings. The SMILES string of the molecule is O=[N+]([O-])c1ccc(/C=N\Nc2nc3ccc(Cl)cc3s2)s1. The Morgan fingerprint density at radius 3 is 2.95 bits per heavy atom. The molecule has 0 saturated heterocycles. The normalized spacial score (nSPS) is 11.3. The van der Waals surface area contributed by atoms with Crippen LogP contribution >= 0.6 is 34.3 Å². The summed E-state index contributed by atoms with van der Waals surface area (Å²) in [7, 11) is 0. The van der Waals surface area contributed by atoms with Crippen molar-refractivity contribution in [1.82, 2.24) is 4.98 Å². The van der Waals surface area contributed by atoms with Crippen LogP contribution < -0.4 is 5.43 Å². The van der Waals surface area contributed by atoms with Gasteiger partial charge in [-0.05, 0) is 24.3 Å². The van der Waals surface area contributed by atoms with Crippen molar-refractivity contribution in [3.05, 3.63) is 50.3 Å². The number of hydrogen-bond acceptors (Lipinski definition) is 7. The zero-order chi connectivity index (χ0) is 14.8. The lowest BCUT2D eigenvalue weighted by molar-refractivity contribution is -0.380. The van der Waals surface area contributed by atoms with Crippen molar-refractivity contribution in [3.8, 4) is 0 Å². The van der Waals surface area contributed by atoms with Gasteiger partial charge in [0.1, 0.15) is 0 Å². The molecule has 1 aromatic carbocycles. The summed E-state index contributed by atoms with van der Waals surface area (Å²) >= 11 is 8.41.